The third kappa shape index (κ3) is 7.63. The molecule has 0 aromatic heterocycles. The normalized spacial score (nSPS) is 17.0. The Bertz CT molecular complexity index is 1050. The van der Waals surface area contributed by atoms with Crippen molar-refractivity contribution in [2.45, 2.75) is 71.2 Å². The number of carbonyl (C=O) groups is 2. The average molecular weight is 492 g/mol. The van der Waals surface area contributed by atoms with Crippen molar-refractivity contribution in [1.29, 1.82) is 0 Å². The molecule has 3 amide bonds. The summed E-state index contributed by atoms with van der Waals surface area (Å²) in [6, 6.07) is 6.82. The molecule has 1 heterocycles. The van der Waals surface area contributed by atoms with Crippen LogP contribution in [0.5, 0.6) is 0 Å². The zero-order valence-electron chi connectivity index (χ0n) is 20.5. The monoisotopic (exact) mass is 491 g/mol. The minimum absolute atomic E-state index is 0.0618. The Hall–Kier alpha value is -3.23. The summed E-state index contributed by atoms with van der Waals surface area (Å²) in [6.45, 7) is 7.37. The highest BCUT2D eigenvalue weighted by Gasteiger charge is 2.31. The molecule has 9 heteroatoms. The van der Waals surface area contributed by atoms with Crippen LogP contribution in [0, 0.1) is 24.4 Å². The summed E-state index contributed by atoms with van der Waals surface area (Å²) >= 11 is 0. The van der Waals surface area contributed by atoms with Crippen molar-refractivity contribution in [2.24, 2.45) is 0 Å². The zero-order valence-corrected chi connectivity index (χ0v) is 20.5. The lowest BCUT2D eigenvalue weighted by molar-refractivity contribution is 0.0494. The number of hydrogen-bond donors (Lipinski definition) is 2. The topological polar surface area (TPSA) is 70.7 Å². The predicted molar refractivity (Wildman–Crippen MR) is 126 cm³/mol. The number of nitrogens with zero attached hydrogens (tertiary/aromatic N) is 1. The zero-order chi connectivity index (χ0) is 25.8. The van der Waals surface area contributed by atoms with Crippen LogP contribution in [0.25, 0.3) is 0 Å². The van der Waals surface area contributed by atoms with E-state index >= 15 is 0 Å². The molecule has 0 radical (unpaired) electrons. The van der Waals surface area contributed by atoms with Gasteiger partial charge in [0.2, 0.25) is 0 Å². The maximum Gasteiger partial charge on any atom is 0.409 e. The molecule has 2 aromatic rings. The van der Waals surface area contributed by atoms with Gasteiger partial charge in [0.1, 0.15) is 29.2 Å². The summed E-state index contributed by atoms with van der Waals surface area (Å²) < 4.78 is 46.4. The molecule has 1 fully saturated rings. The van der Waals surface area contributed by atoms with E-state index in [0.29, 0.717) is 13.0 Å². The minimum Gasteiger partial charge on any atom is -0.444 e. The molecular formula is C26H32F3N3O3. The molecule has 2 aromatic carbocycles. The van der Waals surface area contributed by atoms with Gasteiger partial charge in [0.25, 0.3) is 0 Å². The number of urea groups is 1. The standard InChI is InChI=1S/C26H32F3N3O3/c1-16-11-18(27)8-9-21(16)22-7-5-6-10-32(22)24(33)30-23(31-25(34)35-26(2,3)4)14-17-12-19(28)15-20(29)13-17/h8-9,11-13,15,22-23H,5-7,10,14H2,1-4H3,(H,30,33)(H,31,34). The van der Waals surface area contributed by atoms with E-state index in [0.717, 1.165) is 42.2 Å². The number of hydrogen-bond acceptors (Lipinski definition) is 3. The fourth-order valence-corrected chi connectivity index (χ4v) is 4.30. The Balaban J connectivity index is 1.82. The van der Waals surface area contributed by atoms with Gasteiger partial charge >= 0.3 is 12.1 Å². The number of piperidine rings is 1. The van der Waals surface area contributed by atoms with E-state index in [9.17, 15) is 22.8 Å². The quantitative estimate of drug-likeness (QED) is 0.524. The van der Waals surface area contributed by atoms with Crippen LogP contribution in [-0.4, -0.2) is 35.3 Å². The molecule has 2 N–H and O–H groups in total. The van der Waals surface area contributed by atoms with Crippen LogP contribution in [0.4, 0.5) is 22.8 Å². The number of amides is 3. The second-order valence-electron chi connectivity index (χ2n) is 9.84. The summed E-state index contributed by atoms with van der Waals surface area (Å²) in [4.78, 5) is 27.4. The van der Waals surface area contributed by atoms with Crippen LogP contribution in [0.3, 0.4) is 0 Å². The van der Waals surface area contributed by atoms with Crippen molar-refractivity contribution >= 4 is 12.1 Å². The fourth-order valence-electron chi connectivity index (χ4n) is 4.30. The van der Waals surface area contributed by atoms with Crippen molar-refractivity contribution in [3.63, 3.8) is 0 Å². The first kappa shape index (κ1) is 26.4. The van der Waals surface area contributed by atoms with Gasteiger partial charge in [-0.3, -0.25) is 0 Å². The minimum atomic E-state index is -0.990. The highest BCUT2D eigenvalue weighted by molar-refractivity contribution is 5.76. The molecular weight excluding hydrogens is 459 g/mol. The third-order valence-electron chi connectivity index (χ3n) is 5.71. The van der Waals surface area contributed by atoms with E-state index in [1.165, 1.54) is 12.1 Å². The van der Waals surface area contributed by atoms with Gasteiger partial charge in [-0.2, -0.15) is 0 Å². The van der Waals surface area contributed by atoms with Crippen LogP contribution in [0.1, 0.15) is 62.8 Å². The summed E-state index contributed by atoms with van der Waals surface area (Å²) in [5, 5.41) is 5.37. The van der Waals surface area contributed by atoms with E-state index < -0.39 is 35.5 Å². The van der Waals surface area contributed by atoms with Gasteiger partial charge in [0.15, 0.2) is 0 Å². The van der Waals surface area contributed by atoms with Crippen LogP contribution < -0.4 is 10.6 Å². The lowest BCUT2D eigenvalue weighted by Crippen LogP contribution is -2.55. The number of ether oxygens (including phenoxy) is 1. The smallest absolute Gasteiger partial charge is 0.409 e. The predicted octanol–water partition coefficient (Wildman–Crippen LogP) is 5.74. The Labute approximate surface area is 203 Å². The summed E-state index contributed by atoms with van der Waals surface area (Å²) in [6.07, 6.45) is 0.587. The first-order valence-corrected chi connectivity index (χ1v) is 11.7. The molecule has 0 bridgehead atoms. The van der Waals surface area contributed by atoms with E-state index in [4.69, 9.17) is 4.74 Å². The molecule has 1 aliphatic rings. The van der Waals surface area contributed by atoms with Gasteiger partial charge in [-0.05, 0) is 87.9 Å². The van der Waals surface area contributed by atoms with Crippen LogP contribution in [0.2, 0.25) is 0 Å². The van der Waals surface area contributed by atoms with Crippen molar-refractivity contribution in [3.05, 3.63) is 70.5 Å². The molecule has 35 heavy (non-hydrogen) atoms. The Morgan fingerprint density at radius 2 is 1.71 bits per heavy atom. The van der Waals surface area contributed by atoms with E-state index in [-0.39, 0.29) is 23.8 Å². The molecule has 0 aliphatic carbocycles. The van der Waals surface area contributed by atoms with E-state index in [1.54, 1.807) is 38.7 Å². The van der Waals surface area contributed by atoms with Gasteiger partial charge in [-0.15, -0.1) is 0 Å². The molecule has 6 nitrogen and oxygen atoms in total. The number of likely N-dealkylation sites (tertiary alicyclic amines) is 1. The molecule has 190 valence electrons. The van der Waals surface area contributed by atoms with Crippen LogP contribution in [0.15, 0.2) is 36.4 Å². The van der Waals surface area contributed by atoms with Crippen molar-refractivity contribution in [1.82, 2.24) is 15.5 Å². The molecule has 2 unspecified atom stereocenters. The Morgan fingerprint density at radius 1 is 1.03 bits per heavy atom. The summed E-state index contributed by atoms with van der Waals surface area (Å²) in [5.74, 6) is -1.86. The van der Waals surface area contributed by atoms with E-state index in [2.05, 4.69) is 10.6 Å². The molecule has 2 atom stereocenters. The summed E-state index contributed by atoms with van der Waals surface area (Å²) in [7, 11) is 0. The third-order valence-corrected chi connectivity index (χ3v) is 5.71. The van der Waals surface area contributed by atoms with Gasteiger partial charge in [-0.25, -0.2) is 22.8 Å². The summed E-state index contributed by atoms with van der Waals surface area (Å²) in [5.41, 5.74) is 1.08. The van der Waals surface area contributed by atoms with Gasteiger partial charge < -0.3 is 20.3 Å². The number of benzene rings is 2. The van der Waals surface area contributed by atoms with Gasteiger partial charge in [-0.1, -0.05) is 6.07 Å². The number of nitrogens with one attached hydrogen (secondary N) is 2. The first-order chi connectivity index (χ1) is 16.4. The molecule has 1 saturated heterocycles. The second-order valence-corrected chi connectivity index (χ2v) is 9.84. The number of carbonyl (C=O) groups excluding carboxylic acids is 2. The number of alkyl carbamates (subject to hydrolysis) is 1. The number of aryl methyl sites for hydroxylation is 1. The maximum atomic E-state index is 13.7. The lowest BCUT2D eigenvalue weighted by Gasteiger charge is -2.38. The number of rotatable bonds is 5. The molecule has 0 saturated carbocycles. The second kappa shape index (κ2) is 11.0. The van der Waals surface area contributed by atoms with Gasteiger partial charge in [0, 0.05) is 19.0 Å². The largest absolute Gasteiger partial charge is 0.444 e. The van der Waals surface area contributed by atoms with Gasteiger partial charge in [0.05, 0.1) is 6.04 Å². The molecule has 3 rings (SSSR count). The maximum absolute atomic E-state index is 13.7. The Kier molecular flexibility index (Phi) is 8.30. The molecule has 1 aliphatic heterocycles. The van der Waals surface area contributed by atoms with Crippen molar-refractivity contribution in [3.8, 4) is 0 Å². The van der Waals surface area contributed by atoms with Crippen molar-refractivity contribution < 1.29 is 27.5 Å². The van der Waals surface area contributed by atoms with Crippen molar-refractivity contribution in [2.75, 3.05) is 6.54 Å². The fraction of sp³-hybridized carbons (Fsp3) is 0.462. The van der Waals surface area contributed by atoms with Crippen LogP contribution >= 0.6 is 0 Å². The highest BCUT2D eigenvalue weighted by Crippen LogP contribution is 2.33. The highest BCUT2D eigenvalue weighted by atomic mass is 19.1. The average Bonchev–Trinajstić information content (AvgIpc) is 2.71. The SMILES string of the molecule is Cc1cc(F)ccc1C1CCCCN1C(=O)NC(Cc1cc(F)cc(F)c1)NC(=O)OC(C)(C)C. The lowest BCUT2D eigenvalue weighted by atomic mass is 9.92. The first-order valence-electron chi connectivity index (χ1n) is 11.7. The number of halogens is 3. The van der Waals surface area contributed by atoms with Crippen LogP contribution in [-0.2, 0) is 11.2 Å². The Morgan fingerprint density at radius 3 is 2.34 bits per heavy atom. The molecule has 0 spiro atoms. The van der Waals surface area contributed by atoms with E-state index in [1.807, 2.05) is 0 Å².